The van der Waals surface area contributed by atoms with E-state index in [2.05, 4.69) is 5.32 Å². The summed E-state index contributed by atoms with van der Waals surface area (Å²) in [5.41, 5.74) is 3.05. The Morgan fingerprint density at radius 1 is 1.08 bits per heavy atom. The number of aryl methyl sites for hydroxylation is 1. The second-order valence-corrected chi connectivity index (χ2v) is 5.92. The molecule has 5 heteroatoms. The van der Waals surface area contributed by atoms with E-state index in [0.717, 1.165) is 11.1 Å². The monoisotopic (exact) mass is 336 g/mol. The summed E-state index contributed by atoms with van der Waals surface area (Å²) in [5.74, 6) is 0.00836. The van der Waals surface area contributed by atoms with Crippen LogP contribution in [0, 0.1) is 6.92 Å². The third kappa shape index (κ3) is 3.71. The van der Waals surface area contributed by atoms with Crippen molar-refractivity contribution in [3.05, 3.63) is 71.4 Å². The zero-order valence-corrected chi connectivity index (χ0v) is 14.3. The number of nitrogens with one attached hydrogen (secondary N) is 1. The number of nitrogens with zero attached hydrogens (tertiary/aromatic N) is 1. The molecule has 2 amide bonds. The molecule has 1 aliphatic heterocycles. The van der Waals surface area contributed by atoms with Crippen LogP contribution in [-0.4, -0.2) is 30.4 Å². The zero-order valence-electron chi connectivity index (χ0n) is 14.3. The lowest BCUT2D eigenvalue weighted by atomic mass is 10.1. The van der Waals surface area contributed by atoms with Gasteiger partial charge in [0.05, 0.1) is 12.8 Å². The number of anilines is 1. The van der Waals surface area contributed by atoms with Crippen LogP contribution >= 0.6 is 0 Å². The third-order valence-corrected chi connectivity index (χ3v) is 4.10. The van der Waals surface area contributed by atoms with E-state index in [0.29, 0.717) is 24.4 Å². The molecule has 3 rings (SSSR count). The molecule has 128 valence electrons. The second kappa shape index (κ2) is 7.21. The number of methoxy groups -OCH3 is 1. The fourth-order valence-corrected chi connectivity index (χ4v) is 2.76. The highest BCUT2D eigenvalue weighted by Crippen LogP contribution is 2.28. The lowest BCUT2D eigenvalue weighted by molar-refractivity contribution is -0.137. The smallest absolute Gasteiger partial charge is 0.277 e. The van der Waals surface area contributed by atoms with Gasteiger partial charge in [-0.05, 0) is 36.6 Å². The van der Waals surface area contributed by atoms with Crippen molar-refractivity contribution in [1.29, 1.82) is 0 Å². The topological polar surface area (TPSA) is 58.6 Å². The molecule has 0 radical (unpaired) electrons. The number of imide groups is 1. The van der Waals surface area contributed by atoms with Crippen molar-refractivity contribution >= 4 is 17.5 Å². The summed E-state index contributed by atoms with van der Waals surface area (Å²) >= 11 is 0. The number of carbonyl (C=O) groups excluding carboxylic acids is 2. The predicted octanol–water partition coefficient (Wildman–Crippen LogP) is 2.91. The summed E-state index contributed by atoms with van der Waals surface area (Å²) in [6.45, 7) is 2.31. The Morgan fingerprint density at radius 3 is 2.56 bits per heavy atom. The molecule has 0 aromatic heterocycles. The van der Waals surface area contributed by atoms with Gasteiger partial charge in [-0.25, -0.2) is 0 Å². The fourth-order valence-electron chi connectivity index (χ4n) is 2.76. The summed E-state index contributed by atoms with van der Waals surface area (Å²) < 4.78 is 5.31. The van der Waals surface area contributed by atoms with Crippen LogP contribution in [0.2, 0.25) is 0 Å². The molecule has 1 heterocycles. The van der Waals surface area contributed by atoms with Gasteiger partial charge in [-0.1, -0.05) is 36.4 Å². The van der Waals surface area contributed by atoms with Gasteiger partial charge in [-0.2, -0.15) is 0 Å². The maximum absolute atomic E-state index is 12.6. The summed E-state index contributed by atoms with van der Waals surface area (Å²) in [6, 6.07) is 15.4. The van der Waals surface area contributed by atoms with Gasteiger partial charge in [0, 0.05) is 12.6 Å². The number of benzene rings is 2. The number of amides is 2. The van der Waals surface area contributed by atoms with E-state index in [4.69, 9.17) is 4.74 Å². The molecular formula is C20H20N2O3. The minimum Gasteiger partial charge on any atom is -0.495 e. The van der Waals surface area contributed by atoms with E-state index in [1.165, 1.54) is 11.0 Å². The van der Waals surface area contributed by atoms with Crippen LogP contribution in [0.15, 0.2) is 60.3 Å². The van der Waals surface area contributed by atoms with Gasteiger partial charge < -0.3 is 10.1 Å². The molecule has 0 bridgehead atoms. The number of ether oxygens (including phenoxy) is 1. The van der Waals surface area contributed by atoms with Crippen molar-refractivity contribution < 1.29 is 14.3 Å². The summed E-state index contributed by atoms with van der Waals surface area (Å²) in [6.07, 6.45) is 1.97. The van der Waals surface area contributed by atoms with Crippen LogP contribution in [0.4, 0.5) is 5.69 Å². The van der Waals surface area contributed by atoms with E-state index in [1.807, 2.05) is 55.5 Å². The summed E-state index contributed by atoms with van der Waals surface area (Å²) in [4.78, 5) is 26.0. The standard InChI is InChI=1S/C20H20N2O3/c1-14-8-9-18(25-2)16(12-14)21-17-13-19(23)22(20(17)24)11-10-15-6-4-3-5-7-15/h3-9,12-13,21H,10-11H2,1-2H3. The van der Waals surface area contributed by atoms with Crippen molar-refractivity contribution in [3.63, 3.8) is 0 Å². The van der Waals surface area contributed by atoms with Crippen LogP contribution in [0.1, 0.15) is 11.1 Å². The van der Waals surface area contributed by atoms with Gasteiger partial charge >= 0.3 is 0 Å². The summed E-state index contributed by atoms with van der Waals surface area (Å²) in [5, 5.41) is 3.03. The largest absolute Gasteiger partial charge is 0.495 e. The molecular weight excluding hydrogens is 316 g/mol. The van der Waals surface area contributed by atoms with Crippen LogP contribution in [0.3, 0.4) is 0 Å². The Kier molecular flexibility index (Phi) is 4.84. The van der Waals surface area contributed by atoms with Crippen LogP contribution in [0.25, 0.3) is 0 Å². The maximum Gasteiger partial charge on any atom is 0.277 e. The van der Waals surface area contributed by atoms with Crippen molar-refractivity contribution in [2.45, 2.75) is 13.3 Å². The van der Waals surface area contributed by atoms with Gasteiger partial charge in [-0.15, -0.1) is 0 Å². The quantitative estimate of drug-likeness (QED) is 0.824. The molecule has 2 aromatic carbocycles. The van der Waals surface area contributed by atoms with E-state index >= 15 is 0 Å². The molecule has 0 fully saturated rings. The molecule has 0 unspecified atom stereocenters. The van der Waals surface area contributed by atoms with Gasteiger partial charge in [0.2, 0.25) is 0 Å². The number of hydrogen-bond donors (Lipinski definition) is 1. The van der Waals surface area contributed by atoms with Crippen LogP contribution in [-0.2, 0) is 16.0 Å². The average molecular weight is 336 g/mol. The molecule has 0 spiro atoms. The van der Waals surface area contributed by atoms with Crippen LogP contribution in [0.5, 0.6) is 5.75 Å². The molecule has 2 aromatic rings. The van der Waals surface area contributed by atoms with Crippen molar-refractivity contribution in [1.82, 2.24) is 4.90 Å². The summed E-state index contributed by atoms with van der Waals surface area (Å²) in [7, 11) is 1.57. The van der Waals surface area contributed by atoms with Gasteiger partial charge in [0.25, 0.3) is 11.8 Å². The lowest BCUT2D eigenvalue weighted by Gasteiger charge is -2.16. The number of carbonyl (C=O) groups is 2. The number of rotatable bonds is 6. The first-order valence-corrected chi connectivity index (χ1v) is 8.11. The molecule has 1 N–H and O–H groups in total. The zero-order chi connectivity index (χ0) is 17.8. The first-order chi connectivity index (χ1) is 12.1. The van der Waals surface area contributed by atoms with Gasteiger partial charge in [0.15, 0.2) is 0 Å². The fraction of sp³-hybridized carbons (Fsp3) is 0.200. The predicted molar refractivity (Wildman–Crippen MR) is 96.3 cm³/mol. The normalized spacial score (nSPS) is 13.8. The minimum absolute atomic E-state index is 0.266. The van der Waals surface area contributed by atoms with E-state index in [-0.39, 0.29) is 17.5 Å². The van der Waals surface area contributed by atoms with E-state index in [9.17, 15) is 9.59 Å². The average Bonchev–Trinajstić information content (AvgIpc) is 2.88. The highest BCUT2D eigenvalue weighted by Gasteiger charge is 2.31. The van der Waals surface area contributed by atoms with E-state index in [1.54, 1.807) is 7.11 Å². The Morgan fingerprint density at radius 2 is 1.84 bits per heavy atom. The Balaban J connectivity index is 1.70. The minimum atomic E-state index is -0.315. The first kappa shape index (κ1) is 16.8. The van der Waals surface area contributed by atoms with Crippen molar-refractivity contribution in [3.8, 4) is 5.75 Å². The van der Waals surface area contributed by atoms with E-state index < -0.39 is 0 Å². The molecule has 0 atom stereocenters. The Hall–Kier alpha value is -3.08. The third-order valence-electron chi connectivity index (χ3n) is 4.10. The lowest BCUT2D eigenvalue weighted by Crippen LogP contribution is -2.33. The maximum atomic E-state index is 12.6. The molecule has 0 aliphatic carbocycles. The molecule has 5 nitrogen and oxygen atoms in total. The van der Waals surface area contributed by atoms with Crippen molar-refractivity contribution in [2.24, 2.45) is 0 Å². The van der Waals surface area contributed by atoms with Gasteiger partial charge in [-0.3, -0.25) is 14.5 Å². The Bertz CT molecular complexity index is 828. The first-order valence-electron chi connectivity index (χ1n) is 8.11. The second-order valence-electron chi connectivity index (χ2n) is 5.92. The van der Waals surface area contributed by atoms with Crippen LogP contribution < -0.4 is 10.1 Å². The SMILES string of the molecule is COc1ccc(C)cc1NC1=CC(=O)N(CCc2ccccc2)C1=O. The Labute approximate surface area is 146 Å². The van der Waals surface area contributed by atoms with Gasteiger partial charge in [0.1, 0.15) is 11.4 Å². The molecule has 0 saturated heterocycles. The number of hydrogen-bond acceptors (Lipinski definition) is 4. The highest BCUT2D eigenvalue weighted by atomic mass is 16.5. The molecule has 0 saturated carbocycles. The highest BCUT2D eigenvalue weighted by molar-refractivity contribution is 6.17. The van der Waals surface area contributed by atoms with Crippen molar-refractivity contribution in [2.75, 3.05) is 19.0 Å². The molecule has 25 heavy (non-hydrogen) atoms. The molecule has 1 aliphatic rings.